The highest BCUT2D eigenvalue weighted by Gasteiger charge is 2.40. The van der Waals surface area contributed by atoms with Gasteiger partial charge in [-0.1, -0.05) is 17.7 Å². The van der Waals surface area contributed by atoms with Gasteiger partial charge in [0.25, 0.3) is 0 Å². The van der Waals surface area contributed by atoms with Gasteiger partial charge in [0.2, 0.25) is 0 Å². The first-order valence-electron chi connectivity index (χ1n) is 10.8. The average Bonchev–Trinajstić information content (AvgIpc) is 3.36. The van der Waals surface area contributed by atoms with Gasteiger partial charge in [0.15, 0.2) is 35.6 Å². The summed E-state index contributed by atoms with van der Waals surface area (Å²) in [5.41, 5.74) is 1.16. The summed E-state index contributed by atoms with van der Waals surface area (Å²) in [6.45, 7) is -0.509. The maximum atomic E-state index is 14.4. The zero-order valence-corrected chi connectivity index (χ0v) is 19.7. The minimum absolute atomic E-state index is 0.206. The molecule has 0 aliphatic carbocycles. The maximum absolute atomic E-state index is 14.4. The van der Waals surface area contributed by atoms with Crippen molar-refractivity contribution in [2.24, 2.45) is 4.99 Å². The Morgan fingerprint density at radius 2 is 1.76 bits per heavy atom. The van der Waals surface area contributed by atoms with Crippen molar-refractivity contribution in [2.75, 3.05) is 5.01 Å². The van der Waals surface area contributed by atoms with Crippen LogP contribution < -0.4 is 16.1 Å². The lowest BCUT2D eigenvalue weighted by Gasteiger charge is -2.23. The number of hydrazine groups is 1. The number of aromatic nitrogens is 3. The van der Waals surface area contributed by atoms with Crippen LogP contribution in [0.3, 0.4) is 0 Å². The van der Waals surface area contributed by atoms with Crippen molar-refractivity contribution in [1.29, 1.82) is 0 Å². The van der Waals surface area contributed by atoms with E-state index in [9.17, 15) is 36.2 Å². The molecule has 1 aliphatic rings. The number of anilines is 1. The lowest BCUT2D eigenvalue weighted by Crippen LogP contribution is -2.46. The van der Waals surface area contributed by atoms with E-state index in [1.54, 1.807) is 0 Å². The molecule has 0 fully saturated rings. The summed E-state index contributed by atoms with van der Waals surface area (Å²) >= 11 is 5.86. The quantitative estimate of drug-likeness (QED) is 0.440. The molecule has 4 rings (SSSR count). The molecule has 3 aromatic rings. The van der Waals surface area contributed by atoms with Crippen LogP contribution in [0.2, 0.25) is 5.02 Å². The number of nitrogens with zero attached hydrogens (tertiary/aromatic N) is 5. The van der Waals surface area contributed by atoms with Crippen molar-refractivity contribution in [3.8, 4) is 11.4 Å². The molecule has 1 aliphatic heterocycles. The molecule has 0 radical (unpaired) electrons. The Balaban J connectivity index is 1.70. The Bertz CT molecular complexity index is 1350. The van der Waals surface area contributed by atoms with Crippen LogP contribution in [0, 0.1) is 11.6 Å². The van der Waals surface area contributed by atoms with E-state index in [2.05, 4.69) is 15.5 Å². The second-order valence-corrected chi connectivity index (χ2v) is 8.55. The third kappa shape index (κ3) is 5.50. The molecule has 0 bridgehead atoms. The van der Waals surface area contributed by atoms with Gasteiger partial charge in [-0.2, -0.15) is 13.2 Å². The zero-order valence-electron chi connectivity index (χ0n) is 18.9. The third-order valence-electron chi connectivity index (χ3n) is 5.42. The molecule has 2 N–H and O–H groups in total. The van der Waals surface area contributed by atoms with E-state index < -0.39 is 60.7 Å². The normalized spacial score (nSPS) is 17.7. The number of aliphatic hydroxyl groups is 1. The molecule has 1 aromatic heterocycles. The van der Waals surface area contributed by atoms with Gasteiger partial charge in [-0.3, -0.25) is 9.58 Å². The predicted molar refractivity (Wildman–Crippen MR) is 123 cm³/mol. The Morgan fingerprint density at radius 3 is 2.32 bits per heavy atom. The number of aliphatic hydroxyl groups excluding tert-OH is 1. The van der Waals surface area contributed by atoms with Crippen molar-refractivity contribution < 1.29 is 31.4 Å². The smallest absolute Gasteiger partial charge is 0.382 e. The number of amidine groups is 1. The average molecular weight is 549 g/mol. The Kier molecular flexibility index (Phi) is 7.35. The van der Waals surface area contributed by atoms with Crippen LogP contribution in [-0.2, 0) is 13.1 Å². The van der Waals surface area contributed by atoms with Gasteiger partial charge in [0.1, 0.15) is 11.9 Å². The molecule has 15 heteroatoms. The molecule has 0 spiro atoms. The minimum atomic E-state index is -5.01. The molecule has 37 heavy (non-hydrogen) atoms. The summed E-state index contributed by atoms with van der Waals surface area (Å²) in [5, 5.41) is 14.8. The van der Waals surface area contributed by atoms with Crippen molar-refractivity contribution >= 4 is 23.1 Å². The standard InChI is InChI=1S/C22H19ClF6N6O2/c1-11(24)19-30-17(31-35(19)18-14(25)3-2-4-15(18)26)10-34-21(37)33(9-16(36)22(27,28)29)20(32-34)12-5-7-13(23)8-6-12/h2-8,11,16-17,31,36H,9-10H2,1H3/t11?,16-,17?/m0/s1. The number of aliphatic imine (C=N–C) groups is 1. The third-order valence-corrected chi connectivity index (χ3v) is 5.67. The SMILES string of the molecule is CC(F)C1=NC(Cn2nc(-c3ccc(Cl)cc3)n(C[C@H](O)C(F)(F)F)c2=O)NN1c1c(F)cccc1F. The summed E-state index contributed by atoms with van der Waals surface area (Å²) in [4.78, 5) is 17.1. The summed E-state index contributed by atoms with van der Waals surface area (Å²) in [6, 6.07) is 8.75. The lowest BCUT2D eigenvalue weighted by molar-refractivity contribution is -0.207. The van der Waals surface area contributed by atoms with E-state index in [1.807, 2.05) is 0 Å². The molecule has 2 unspecified atom stereocenters. The Hall–Kier alpha value is -3.36. The first-order chi connectivity index (χ1) is 17.4. The molecule has 2 aromatic carbocycles. The molecule has 0 amide bonds. The zero-order chi connectivity index (χ0) is 27.1. The highest BCUT2D eigenvalue weighted by atomic mass is 35.5. The number of hydrogen-bond acceptors (Lipinski definition) is 6. The van der Waals surface area contributed by atoms with Crippen LogP contribution in [0.25, 0.3) is 11.4 Å². The van der Waals surface area contributed by atoms with Crippen molar-refractivity contribution in [3.05, 3.63) is 69.6 Å². The highest BCUT2D eigenvalue weighted by molar-refractivity contribution is 6.30. The number of benzene rings is 2. The van der Waals surface area contributed by atoms with Gasteiger partial charge >= 0.3 is 11.9 Å². The van der Waals surface area contributed by atoms with E-state index in [4.69, 9.17) is 11.6 Å². The predicted octanol–water partition coefficient (Wildman–Crippen LogP) is 3.67. The first kappa shape index (κ1) is 26.7. The van der Waals surface area contributed by atoms with E-state index in [0.29, 0.717) is 9.59 Å². The Morgan fingerprint density at radius 1 is 1.14 bits per heavy atom. The van der Waals surface area contributed by atoms with Crippen LogP contribution >= 0.6 is 11.6 Å². The van der Waals surface area contributed by atoms with Gasteiger partial charge in [0.05, 0.1) is 13.1 Å². The topological polar surface area (TPSA) is 87.7 Å². The number of alkyl halides is 4. The maximum Gasteiger partial charge on any atom is 0.416 e. The molecule has 3 atom stereocenters. The number of nitrogens with one attached hydrogen (secondary N) is 1. The van der Waals surface area contributed by atoms with E-state index >= 15 is 0 Å². The monoisotopic (exact) mass is 548 g/mol. The van der Waals surface area contributed by atoms with Gasteiger partial charge in [-0.15, -0.1) is 5.10 Å². The summed E-state index contributed by atoms with van der Waals surface area (Å²) in [5.74, 6) is -2.60. The molecule has 0 saturated carbocycles. The molecule has 198 valence electrons. The van der Waals surface area contributed by atoms with Crippen LogP contribution in [0.1, 0.15) is 6.92 Å². The van der Waals surface area contributed by atoms with Crippen molar-refractivity contribution in [3.63, 3.8) is 0 Å². The van der Waals surface area contributed by atoms with E-state index in [0.717, 1.165) is 34.8 Å². The second-order valence-electron chi connectivity index (χ2n) is 8.12. The second kappa shape index (κ2) is 10.2. The van der Waals surface area contributed by atoms with Crippen LogP contribution in [0.4, 0.5) is 32.0 Å². The number of halogens is 7. The van der Waals surface area contributed by atoms with Gasteiger partial charge < -0.3 is 5.11 Å². The van der Waals surface area contributed by atoms with E-state index in [1.165, 1.54) is 24.3 Å². The van der Waals surface area contributed by atoms with Crippen LogP contribution in [-0.4, -0.2) is 49.9 Å². The number of hydrogen-bond donors (Lipinski definition) is 2. The van der Waals surface area contributed by atoms with Gasteiger partial charge in [0, 0.05) is 10.6 Å². The van der Waals surface area contributed by atoms with Crippen molar-refractivity contribution in [1.82, 2.24) is 19.8 Å². The molecular weight excluding hydrogens is 530 g/mol. The summed E-state index contributed by atoms with van der Waals surface area (Å²) in [7, 11) is 0. The minimum Gasteiger partial charge on any atom is -0.382 e. The number of para-hydroxylation sites is 1. The summed E-state index contributed by atoms with van der Waals surface area (Å²) < 4.78 is 83.5. The van der Waals surface area contributed by atoms with Crippen molar-refractivity contribution in [2.45, 2.75) is 44.6 Å². The molecule has 0 saturated heterocycles. The fourth-order valence-corrected chi connectivity index (χ4v) is 3.81. The van der Waals surface area contributed by atoms with Crippen LogP contribution in [0.15, 0.2) is 52.3 Å². The van der Waals surface area contributed by atoms with Gasteiger partial charge in [-0.25, -0.2) is 33.1 Å². The molecule has 8 nitrogen and oxygen atoms in total. The summed E-state index contributed by atoms with van der Waals surface area (Å²) in [6.07, 6.45) is -10.8. The van der Waals surface area contributed by atoms with E-state index in [-0.39, 0.29) is 17.2 Å². The lowest BCUT2D eigenvalue weighted by atomic mass is 10.2. The Labute approximate surface area is 210 Å². The van der Waals surface area contributed by atoms with Gasteiger partial charge in [-0.05, 0) is 43.3 Å². The van der Waals surface area contributed by atoms with Crippen LogP contribution in [0.5, 0.6) is 0 Å². The fourth-order valence-electron chi connectivity index (χ4n) is 3.68. The first-order valence-corrected chi connectivity index (χ1v) is 11.1. The number of rotatable bonds is 7. The molecular formula is C22H19ClF6N6O2. The largest absolute Gasteiger partial charge is 0.416 e. The fraction of sp³-hybridized carbons (Fsp3) is 0.318. The highest BCUT2D eigenvalue weighted by Crippen LogP contribution is 2.27. The molecule has 2 heterocycles.